The van der Waals surface area contributed by atoms with E-state index in [-0.39, 0.29) is 16.9 Å². The number of H-pyrrole nitrogens is 1. The van der Waals surface area contributed by atoms with Gasteiger partial charge in [0.2, 0.25) is 0 Å². The maximum absolute atomic E-state index is 12.5. The van der Waals surface area contributed by atoms with Gasteiger partial charge in [0.1, 0.15) is 4.70 Å². The van der Waals surface area contributed by atoms with Crippen LogP contribution in [0, 0.1) is 11.3 Å². The van der Waals surface area contributed by atoms with Gasteiger partial charge in [0.05, 0.1) is 20.7 Å². The van der Waals surface area contributed by atoms with E-state index in [4.69, 9.17) is 9.98 Å². The summed E-state index contributed by atoms with van der Waals surface area (Å²) in [5.41, 5.74) is 3.69. The third-order valence-corrected chi connectivity index (χ3v) is 6.25. The highest BCUT2D eigenvalue weighted by Crippen LogP contribution is 2.39. The second-order valence-corrected chi connectivity index (χ2v) is 9.86. The second-order valence-electron chi connectivity index (χ2n) is 7.43. The molecule has 0 radical (unpaired) electrons. The highest BCUT2D eigenvalue weighted by molar-refractivity contribution is 9.11. The Kier molecular flexibility index (Phi) is 3.92. The summed E-state index contributed by atoms with van der Waals surface area (Å²) in [5, 5.41) is 0. The standard InChI is InChI=1S/C19H18BrN3OS/c1-19(2,3)11-8-10-6-4-5-7-12(10)21-15(11)17-22-13-9-14(20)25-16(13)18(24)23-17/h4-7,9,11H,8H2,1-3H3,(H,22,23,24). The van der Waals surface area contributed by atoms with Crippen LogP contribution >= 0.6 is 27.3 Å². The number of nitrogens with zero attached hydrogens (tertiary/aromatic N) is 2. The van der Waals surface area contributed by atoms with E-state index in [9.17, 15) is 4.79 Å². The molecule has 1 aliphatic heterocycles. The van der Waals surface area contributed by atoms with E-state index in [0.717, 1.165) is 21.6 Å². The molecule has 4 rings (SSSR count). The molecule has 0 bridgehead atoms. The first-order chi connectivity index (χ1) is 11.8. The average molecular weight is 416 g/mol. The number of para-hydroxylation sites is 1. The van der Waals surface area contributed by atoms with Crippen molar-refractivity contribution in [2.45, 2.75) is 27.2 Å². The Morgan fingerprint density at radius 2 is 2.04 bits per heavy atom. The van der Waals surface area contributed by atoms with Crippen LogP contribution in [0.1, 0.15) is 32.2 Å². The normalized spacial score (nSPS) is 17.4. The monoisotopic (exact) mass is 415 g/mol. The number of fused-ring (bicyclic) bond motifs is 2. The van der Waals surface area contributed by atoms with Gasteiger partial charge in [-0.05, 0) is 45.5 Å². The first kappa shape index (κ1) is 16.7. The molecule has 0 aliphatic carbocycles. The lowest BCUT2D eigenvalue weighted by Gasteiger charge is -2.34. The summed E-state index contributed by atoms with van der Waals surface area (Å²) in [6.07, 6.45) is 0.896. The Morgan fingerprint density at radius 3 is 2.80 bits per heavy atom. The van der Waals surface area contributed by atoms with E-state index in [1.807, 2.05) is 24.3 Å². The zero-order valence-electron chi connectivity index (χ0n) is 14.3. The van der Waals surface area contributed by atoms with E-state index in [2.05, 4.69) is 47.8 Å². The van der Waals surface area contributed by atoms with Crippen LogP contribution in [0.3, 0.4) is 0 Å². The Labute approximate surface area is 158 Å². The second kappa shape index (κ2) is 5.88. The van der Waals surface area contributed by atoms with Crippen molar-refractivity contribution in [1.82, 2.24) is 9.97 Å². The zero-order chi connectivity index (χ0) is 17.8. The minimum atomic E-state index is -0.107. The quantitative estimate of drug-likeness (QED) is 0.601. The van der Waals surface area contributed by atoms with Gasteiger partial charge in [0, 0.05) is 5.92 Å². The summed E-state index contributed by atoms with van der Waals surface area (Å²) in [6, 6.07) is 10.1. The van der Waals surface area contributed by atoms with E-state index in [1.165, 1.54) is 16.9 Å². The molecule has 2 aromatic heterocycles. The molecule has 1 aliphatic rings. The van der Waals surface area contributed by atoms with Gasteiger partial charge in [-0.15, -0.1) is 11.3 Å². The minimum Gasteiger partial charge on any atom is -0.304 e. The lowest BCUT2D eigenvalue weighted by molar-refractivity contribution is 0.309. The number of aliphatic imine (C=N–C) groups is 1. The van der Waals surface area contributed by atoms with Crippen molar-refractivity contribution in [3.05, 3.63) is 55.9 Å². The molecule has 4 nitrogen and oxygen atoms in total. The predicted molar refractivity (Wildman–Crippen MR) is 107 cm³/mol. The number of rotatable bonds is 1. The molecule has 3 aromatic rings. The molecular formula is C19H18BrN3OS. The molecule has 1 atom stereocenters. The van der Waals surface area contributed by atoms with Crippen LogP contribution in [0.2, 0.25) is 0 Å². The maximum Gasteiger partial charge on any atom is 0.269 e. The van der Waals surface area contributed by atoms with Gasteiger partial charge in [-0.1, -0.05) is 39.0 Å². The van der Waals surface area contributed by atoms with Crippen LogP contribution in [0.15, 0.2) is 43.9 Å². The Bertz CT molecular complexity index is 1060. The summed E-state index contributed by atoms with van der Waals surface area (Å²) in [7, 11) is 0. The summed E-state index contributed by atoms with van der Waals surface area (Å²) in [6.45, 7) is 6.62. The molecule has 1 N–H and O–H groups in total. The first-order valence-electron chi connectivity index (χ1n) is 8.19. The fourth-order valence-corrected chi connectivity index (χ4v) is 4.70. The number of hydrogen-bond donors (Lipinski definition) is 1. The van der Waals surface area contributed by atoms with Gasteiger partial charge >= 0.3 is 0 Å². The molecule has 0 fully saturated rings. The van der Waals surface area contributed by atoms with Crippen LogP contribution in [-0.2, 0) is 6.42 Å². The van der Waals surface area contributed by atoms with Crippen LogP contribution in [-0.4, -0.2) is 15.7 Å². The Morgan fingerprint density at radius 1 is 1.28 bits per heavy atom. The largest absolute Gasteiger partial charge is 0.304 e. The number of nitrogens with one attached hydrogen (secondary N) is 1. The van der Waals surface area contributed by atoms with E-state index in [0.29, 0.717) is 16.0 Å². The third kappa shape index (κ3) is 2.98. The van der Waals surface area contributed by atoms with Gasteiger partial charge in [0.25, 0.3) is 5.56 Å². The topological polar surface area (TPSA) is 58.1 Å². The van der Waals surface area contributed by atoms with Crippen LogP contribution in [0.4, 0.5) is 5.69 Å². The van der Waals surface area contributed by atoms with Crippen LogP contribution in [0.5, 0.6) is 0 Å². The Balaban J connectivity index is 1.94. The SMILES string of the molecule is CC(C)(C)C1Cc2ccccc2N=C1c1nc2cc(Br)sc2c(=O)[nH]1. The van der Waals surface area contributed by atoms with Crippen molar-refractivity contribution in [2.75, 3.05) is 0 Å². The number of aromatic amines is 1. The molecule has 128 valence electrons. The van der Waals surface area contributed by atoms with E-state index < -0.39 is 0 Å². The number of halogens is 1. The predicted octanol–water partition coefficient (Wildman–Crippen LogP) is 5.09. The number of benzene rings is 1. The summed E-state index contributed by atoms with van der Waals surface area (Å²) in [5.74, 6) is 0.766. The molecule has 0 spiro atoms. The fourth-order valence-electron chi connectivity index (χ4n) is 3.28. The van der Waals surface area contributed by atoms with Crippen molar-refractivity contribution in [3.8, 4) is 0 Å². The van der Waals surface area contributed by atoms with Crippen molar-refractivity contribution >= 4 is 48.9 Å². The zero-order valence-corrected chi connectivity index (χ0v) is 16.7. The highest BCUT2D eigenvalue weighted by Gasteiger charge is 2.35. The van der Waals surface area contributed by atoms with Gasteiger partial charge in [-0.25, -0.2) is 9.98 Å². The molecule has 6 heteroatoms. The molecule has 0 saturated heterocycles. The minimum absolute atomic E-state index is 0.00905. The number of hydrogen-bond acceptors (Lipinski definition) is 4. The van der Waals surface area contributed by atoms with E-state index >= 15 is 0 Å². The van der Waals surface area contributed by atoms with Crippen LogP contribution in [0.25, 0.3) is 10.2 Å². The molecule has 1 aromatic carbocycles. The molecule has 3 heterocycles. The lowest BCUT2D eigenvalue weighted by atomic mass is 9.72. The smallest absolute Gasteiger partial charge is 0.269 e. The maximum atomic E-state index is 12.5. The van der Waals surface area contributed by atoms with Gasteiger partial charge < -0.3 is 4.98 Å². The summed E-state index contributed by atoms with van der Waals surface area (Å²) >= 11 is 4.84. The van der Waals surface area contributed by atoms with Crippen molar-refractivity contribution in [2.24, 2.45) is 16.3 Å². The highest BCUT2D eigenvalue weighted by atomic mass is 79.9. The number of thiophene rings is 1. The summed E-state index contributed by atoms with van der Waals surface area (Å²) in [4.78, 5) is 25.1. The van der Waals surface area contributed by atoms with Gasteiger partial charge in [0.15, 0.2) is 5.82 Å². The Hall–Kier alpha value is -1.79. The number of aromatic nitrogens is 2. The van der Waals surface area contributed by atoms with E-state index in [1.54, 1.807) is 0 Å². The first-order valence-corrected chi connectivity index (χ1v) is 9.80. The molecule has 25 heavy (non-hydrogen) atoms. The van der Waals surface area contributed by atoms with Crippen LogP contribution < -0.4 is 5.56 Å². The summed E-state index contributed by atoms with van der Waals surface area (Å²) < 4.78 is 1.54. The van der Waals surface area contributed by atoms with Gasteiger partial charge in [-0.2, -0.15) is 0 Å². The molecule has 1 unspecified atom stereocenters. The van der Waals surface area contributed by atoms with Crippen molar-refractivity contribution in [3.63, 3.8) is 0 Å². The molecule has 0 amide bonds. The average Bonchev–Trinajstić information content (AvgIpc) is 2.94. The van der Waals surface area contributed by atoms with Crippen molar-refractivity contribution in [1.29, 1.82) is 0 Å². The molecule has 0 saturated carbocycles. The lowest BCUT2D eigenvalue weighted by Crippen LogP contribution is -2.35. The third-order valence-electron chi connectivity index (χ3n) is 4.63. The van der Waals surface area contributed by atoms with Gasteiger partial charge in [-0.3, -0.25) is 4.79 Å². The molecular weight excluding hydrogens is 398 g/mol. The van der Waals surface area contributed by atoms with Crippen molar-refractivity contribution < 1.29 is 0 Å². The fraction of sp³-hybridized carbons (Fsp3) is 0.316.